The van der Waals surface area contributed by atoms with Gasteiger partial charge in [-0.15, -0.1) is 11.3 Å². The fraction of sp³-hybridized carbons (Fsp3) is 0.0952. The summed E-state index contributed by atoms with van der Waals surface area (Å²) in [6.07, 6.45) is 4.86. The molecule has 1 aromatic carbocycles. The van der Waals surface area contributed by atoms with E-state index < -0.39 is 0 Å². The summed E-state index contributed by atoms with van der Waals surface area (Å²) < 4.78 is 3.20. The predicted octanol–water partition coefficient (Wildman–Crippen LogP) is 3.15. The Morgan fingerprint density at radius 3 is 2.71 bits per heavy atom. The molecule has 10 heteroatoms. The van der Waals surface area contributed by atoms with E-state index in [9.17, 15) is 4.79 Å². The average molecular weight is 430 g/mol. The Morgan fingerprint density at radius 2 is 1.94 bits per heavy atom. The zero-order chi connectivity index (χ0) is 21.4. The molecule has 0 saturated heterocycles. The second-order valence-corrected chi connectivity index (χ2v) is 7.75. The zero-order valence-corrected chi connectivity index (χ0v) is 17.3. The van der Waals surface area contributed by atoms with Gasteiger partial charge in [-0.2, -0.15) is 5.10 Å². The molecule has 0 fully saturated rings. The number of aromatic nitrogens is 6. The molecule has 1 atom stereocenters. The fourth-order valence-electron chi connectivity index (χ4n) is 3.45. The molecule has 5 aromatic rings. The molecule has 0 unspecified atom stereocenters. The van der Waals surface area contributed by atoms with Gasteiger partial charge in [-0.1, -0.05) is 18.2 Å². The lowest BCUT2D eigenvalue weighted by Crippen LogP contribution is -2.29. The van der Waals surface area contributed by atoms with Gasteiger partial charge in [-0.05, 0) is 31.2 Å². The first kappa shape index (κ1) is 18.9. The van der Waals surface area contributed by atoms with E-state index in [0.717, 1.165) is 5.69 Å². The third-order valence-electron chi connectivity index (χ3n) is 4.87. The van der Waals surface area contributed by atoms with E-state index in [1.807, 2.05) is 42.6 Å². The van der Waals surface area contributed by atoms with Crippen molar-refractivity contribution in [2.24, 2.45) is 0 Å². The summed E-state index contributed by atoms with van der Waals surface area (Å²) in [5.74, 6) is 1.38. The zero-order valence-electron chi connectivity index (χ0n) is 16.5. The van der Waals surface area contributed by atoms with Crippen molar-refractivity contribution < 1.29 is 0 Å². The number of benzene rings is 1. The van der Waals surface area contributed by atoms with Crippen LogP contribution in [0.1, 0.15) is 18.8 Å². The molecule has 0 amide bonds. The number of anilines is 2. The average Bonchev–Trinajstić information content (AvgIpc) is 3.46. The van der Waals surface area contributed by atoms with Crippen molar-refractivity contribution in [3.05, 3.63) is 82.7 Å². The molecule has 0 aliphatic carbocycles. The van der Waals surface area contributed by atoms with Crippen molar-refractivity contribution in [2.75, 3.05) is 11.1 Å². The fourth-order valence-corrected chi connectivity index (χ4v) is 4.14. The van der Waals surface area contributed by atoms with Crippen LogP contribution in [-0.4, -0.2) is 29.1 Å². The molecule has 0 aliphatic heterocycles. The summed E-state index contributed by atoms with van der Waals surface area (Å²) in [6.45, 7) is 1.92. The Labute approximate surface area is 180 Å². The van der Waals surface area contributed by atoms with Gasteiger partial charge >= 0.3 is 0 Å². The van der Waals surface area contributed by atoms with Gasteiger partial charge in [0.05, 0.1) is 17.3 Å². The second kappa shape index (κ2) is 7.65. The second-order valence-electron chi connectivity index (χ2n) is 6.86. The monoisotopic (exact) mass is 430 g/mol. The third kappa shape index (κ3) is 3.32. The molecule has 0 spiro atoms. The van der Waals surface area contributed by atoms with E-state index >= 15 is 0 Å². The number of rotatable bonds is 5. The van der Waals surface area contributed by atoms with Gasteiger partial charge in [-0.3, -0.25) is 9.36 Å². The standard InChI is InChI=1S/C21H18N8OS/c1-13(26-18-16(17(22)24-12-25-18)20-23-9-11-31-20)19-27-28-10-5-8-15(28)21(30)29(19)14-6-3-2-4-7-14/h2-13H,1H3,(H3,22,24,25,26)/t13-/m0/s1. The van der Waals surface area contributed by atoms with Gasteiger partial charge in [0.2, 0.25) is 0 Å². The van der Waals surface area contributed by atoms with E-state index in [1.165, 1.54) is 17.7 Å². The van der Waals surface area contributed by atoms with E-state index in [1.54, 1.807) is 33.6 Å². The Morgan fingerprint density at radius 1 is 1.10 bits per heavy atom. The highest BCUT2D eigenvalue weighted by molar-refractivity contribution is 7.13. The van der Waals surface area contributed by atoms with Crippen LogP contribution in [0.2, 0.25) is 0 Å². The minimum atomic E-state index is -0.382. The number of nitrogens with two attached hydrogens (primary N) is 1. The van der Waals surface area contributed by atoms with Gasteiger partial charge in [0, 0.05) is 17.8 Å². The number of fused-ring (bicyclic) bond motifs is 1. The van der Waals surface area contributed by atoms with E-state index in [-0.39, 0.29) is 11.6 Å². The van der Waals surface area contributed by atoms with Gasteiger partial charge in [0.15, 0.2) is 5.82 Å². The maximum atomic E-state index is 13.3. The molecule has 0 bridgehead atoms. The molecule has 4 aromatic heterocycles. The number of para-hydroxylation sites is 1. The van der Waals surface area contributed by atoms with Gasteiger partial charge in [-0.25, -0.2) is 19.5 Å². The van der Waals surface area contributed by atoms with Crippen molar-refractivity contribution in [1.29, 1.82) is 0 Å². The molecule has 9 nitrogen and oxygen atoms in total. The van der Waals surface area contributed by atoms with Crippen LogP contribution in [0.5, 0.6) is 0 Å². The van der Waals surface area contributed by atoms with E-state index in [4.69, 9.17) is 10.8 Å². The molecule has 0 aliphatic rings. The highest BCUT2D eigenvalue weighted by Gasteiger charge is 2.21. The number of thiazole rings is 1. The lowest BCUT2D eigenvalue weighted by atomic mass is 10.2. The van der Waals surface area contributed by atoms with Crippen molar-refractivity contribution in [2.45, 2.75) is 13.0 Å². The Balaban J connectivity index is 1.65. The number of nitrogen functional groups attached to an aromatic ring is 1. The summed E-state index contributed by atoms with van der Waals surface area (Å²) in [4.78, 5) is 26.1. The van der Waals surface area contributed by atoms with Crippen LogP contribution in [0.25, 0.3) is 21.8 Å². The third-order valence-corrected chi connectivity index (χ3v) is 5.66. The van der Waals surface area contributed by atoms with Crippen LogP contribution in [0.3, 0.4) is 0 Å². The van der Waals surface area contributed by atoms with Gasteiger partial charge in [0.25, 0.3) is 5.56 Å². The topological polar surface area (TPSA) is 116 Å². The molecule has 5 rings (SSSR count). The van der Waals surface area contributed by atoms with E-state index in [2.05, 4.69) is 20.3 Å². The summed E-state index contributed by atoms with van der Waals surface area (Å²) in [6, 6.07) is 12.6. The Kier molecular flexibility index (Phi) is 4.68. The number of hydrogen-bond donors (Lipinski definition) is 2. The summed E-state index contributed by atoms with van der Waals surface area (Å²) in [5, 5.41) is 10.6. The smallest absolute Gasteiger partial charge is 0.282 e. The normalized spacial score (nSPS) is 12.2. The highest BCUT2D eigenvalue weighted by Crippen LogP contribution is 2.33. The van der Waals surface area contributed by atoms with Crippen molar-refractivity contribution in [3.8, 4) is 16.3 Å². The van der Waals surface area contributed by atoms with Gasteiger partial charge < -0.3 is 11.1 Å². The van der Waals surface area contributed by atoms with Crippen molar-refractivity contribution >= 4 is 28.5 Å². The minimum absolute atomic E-state index is 0.155. The van der Waals surface area contributed by atoms with Crippen molar-refractivity contribution in [3.63, 3.8) is 0 Å². The number of nitrogens with one attached hydrogen (secondary N) is 1. The lowest BCUT2D eigenvalue weighted by molar-refractivity contribution is 0.673. The van der Waals surface area contributed by atoms with Crippen LogP contribution in [0.15, 0.2) is 71.4 Å². The van der Waals surface area contributed by atoms with Gasteiger partial charge in [0.1, 0.15) is 28.5 Å². The number of hydrogen-bond acceptors (Lipinski definition) is 8. The molecule has 3 N–H and O–H groups in total. The van der Waals surface area contributed by atoms with Crippen molar-refractivity contribution in [1.82, 2.24) is 29.1 Å². The first-order valence-electron chi connectivity index (χ1n) is 9.56. The van der Waals surface area contributed by atoms with Crippen LogP contribution in [-0.2, 0) is 0 Å². The minimum Gasteiger partial charge on any atom is -0.383 e. The maximum Gasteiger partial charge on any atom is 0.282 e. The molecular weight excluding hydrogens is 412 g/mol. The molecular formula is C21H18N8OS. The predicted molar refractivity (Wildman–Crippen MR) is 120 cm³/mol. The quantitative estimate of drug-likeness (QED) is 0.440. The molecule has 0 saturated carbocycles. The molecule has 0 radical (unpaired) electrons. The van der Waals surface area contributed by atoms with Crippen LogP contribution in [0.4, 0.5) is 11.6 Å². The lowest BCUT2D eigenvalue weighted by Gasteiger charge is -2.20. The SMILES string of the molecule is C[C@H](Nc1ncnc(N)c1-c1nccs1)c1nn2cccc2c(=O)n1-c1ccccc1. The first-order chi connectivity index (χ1) is 15.1. The first-order valence-corrected chi connectivity index (χ1v) is 10.4. The molecule has 154 valence electrons. The largest absolute Gasteiger partial charge is 0.383 e. The van der Waals surface area contributed by atoms with Crippen LogP contribution < -0.4 is 16.6 Å². The highest BCUT2D eigenvalue weighted by atomic mass is 32.1. The van der Waals surface area contributed by atoms with Crippen LogP contribution >= 0.6 is 11.3 Å². The molecule has 31 heavy (non-hydrogen) atoms. The summed E-state index contributed by atoms with van der Waals surface area (Å²) in [7, 11) is 0. The Bertz CT molecular complexity index is 1410. The number of nitrogens with zero attached hydrogens (tertiary/aromatic N) is 6. The van der Waals surface area contributed by atoms with Crippen LogP contribution in [0, 0.1) is 0 Å². The summed E-state index contributed by atoms with van der Waals surface area (Å²) in [5.41, 5.74) is 7.83. The molecule has 4 heterocycles. The van der Waals surface area contributed by atoms with E-state index in [0.29, 0.717) is 33.5 Å². The Hall–Kier alpha value is -4.05. The summed E-state index contributed by atoms with van der Waals surface area (Å²) >= 11 is 1.45. The maximum absolute atomic E-state index is 13.3.